The Balaban J connectivity index is 0.000000479. The van der Waals surface area contributed by atoms with Gasteiger partial charge in [0.1, 0.15) is 5.75 Å². The first-order valence-electron chi connectivity index (χ1n) is 11.5. The van der Waals surface area contributed by atoms with Crippen LogP contribution < -0.4 is 15.0 Å². The highest BCUT2D eigenvalue weighted by atomic mass is 35.5. The molecule has 1 heterocycles. The Morgan fingerprint density at radius 1 is 1.12 bits per heavy atom. The van der Waals surface area contributed by atoms with Crippen LogP contribution >= 0.6 is 11.6 Å². The van der Waals surface area contributed by atoms with Crippen LogP contribution in [0.25, 0.3) is 0 Å². The highest BCUT2D eigenvalue weighted by molar-refractivity contribution is 6.30. The van der Waals surface area contributed by atoms with Gasteiger partial charge in [0.05, 0.1) is 18.8 Å². The number of ketones is 1. The molecule has 0 saturated heterocycles. The summed E-state index contributed by atoms with van der Waals surface area (Å²) in [6.07, 6.45) is 2.44. The topological polar surface area (TPSA) is 67.9 Å². The second kappa shape index (κ2) is 14.6. The summed E-state index contributed by atoms with van der Waals surface area (Å²) in [4.78, 5) is 26.0. The van der Waals surface area contributed by atoms with Crippen molar-refractivity contribution in [2.75, 3.05) is 37.7 Å². The molecule has 3 rings (SSSR count). The van der Waals surface area contributed by atoms with Gasteiger partial charge in [0.25, 0.3) is 0 Å². The minimum Gasteiger partial charge on any atom is -0.479 e. The largest absolute Gasteiger partial charge is 0.479 e. The van der Waals surface area contributed by atoms with Crippen LogP contribution in [0.1, 0.15) is 39.2 Å². The Kier molecular flexibility index (Phi) is 11.8. The van der Waals surface area contributed by atoms with Gasteiger partial charge in [0.2, 0.25) is 5.91 Å². The van der Waals surface area contributed by atoms with Crippen LogP contribution in [0.4, 0.5) is 5.69 Å². The number of hydrogen-bond acceptors (Lipinski definition) is 5. The summed E-state index contributed by atoms with van der Waals surface area (Å²) in [6, 6.07) is 15.0. The van der Waals surface area contributed by atoms with Crippen LogP contribution in [-0.2, 0) is 20.7 Å². The molecule has 0 spiro atoms. The fourth-order valence-electron chi connectivity index (χ4n) is 3.33. The molecule has 0 saturated carbocycles. The van der Waals surface area contributed by atoms with E-state index in [-0.39, 0.29) is 18.2 Å². The lowest BCUT2D eigenvalue weighted by atomic mass is 10.1. The molecule has 1 unspecified atom stereocenters. The maximum absolute atomic E-state index is 12.4. The van der Waals surface area contributed by atoms with Crippen molar-refractivity contribution in [3.05, 3.63) is 59.1 Å². The van der Waals surface area contributed by atoms with Crippen LogP contribution in [-0.4, -0.2) is 50.6 Å². The normalized spacial score (nSPS) is 14.4. The van der Waals surface area contributed by atoms with Crippen molar-refractivity contribution >= 4 is 29.0 Å². The molecule has 0 fully saturated rings. The highest BCUT2D eigenvalue weighted by Crippen LogP contribution is 2.32. The van der Waals surface area contributed by atoms with E-state index in [2.05, 4.69) is 19.2 Å². The number of ether oxygens (including phenoxy) is 2. The minimum absolute atomic E-state index is 0.0501. The van der Waals surface area contributed by atoms with Crippen molar-refractivity contribution in [1.82, 2.24) is 5.32 Å². The monoisotopic (exact) mass is 474 g/mol. The molecule has 1 amide bonds. The van der Waals surface area contributed by atoms with E-state index in [0.717, 1.165) is 37.3 Å². The van der Waals surface area contributed by atoms with Crippen molar-refractivity contribution in [2.45, 2.75) is 46.1 Å². The molecule has 2 aromatic carbocycles. The molecule has 0 bridgehead atoms. The predicted molar refractivity (Wildman–Crippen MR) is 133 cm³/mol. The Labute approximate surface area is 202 Å². The molecule has 180 valence electrons. The number of rotatable bonds is 10. The third-order valence-corrected chi connectivity index (χ3v) is 5.21. The maximum Gasteiger partial charge on any atom is 0.239 e. The van der Waals surface area contributed by atoms with E-state index < -0.39 is 6.10 Å². The van der Waals surface area contributed by atoms with Gasteiger partial charge in [0.15, 0.2) is 11.9 Å². The first-order valence-corrected chi connectivity index (χ1v) is 11.9. The van der Waals surface area contributed by atoms with Crippen LogP contribution in [0, 0.1) is 0 Å². The maximum atomic E-state index is 12.4. The molecule has 1 atom stereocenters. The van der Waals surface area contributed by atoms with E-state index in [1.165, 1.54) is 6.92 Å². The fraction of sp³-hybridized carbons (Fsp3) is 0.462. The number of fused-ring (bicyclic) bond motifs is 1. The second-order valence-corrected chi connectivity index (χ2v) is 8.34. The predicted octanol–water partition coefficient (Wildman–Crippen LogP) is 4.68. The van der Waals surface area contributed by atoms with Crippen molar-refractivity contribution in [3.8, 4) is 5.75 Å². The Hall–Kier alpha value is -2.57. The van der Waals surface area contributed by atoms with Gasteiger partial charge in [-0.05, 0) is 56.0 Å². The molecular weight excluding hydrogens is 440 g/mol. The molecule has 7 heteroatoms. The van der Waals surface area contributed by atoms with Crippen molar-refractivity contribution < 1.29 is 19.1 Å². The molecule has 1 aliphatic rings. The zero-order valence-electron chi connectivity index (χ0n) is 19.8. The molecule has 0 radical (unpaired) electrons. The number of halogens is 1. The van der Waals surface area contributed by atoms with Crippen molar-refractivity contribution in [1.29, 1.82) is 0 Å². The summed E-state index contributed by atoms with van der Waals surface area (Å²) in [7, 11) is 0. The highest BCUT2D eigenvalue weighted by Gasteiger charge is 2.29. The smallest absolute Gasteiger partial charge is 0.239 e. The lowest BCUT2D eigenvalue weighted by molar-refractivity contribution is -0.124. The molecule has 33 heavy (non-hydrogen) atoms. The van der Waals surface area contributed by atoms with Crippen LogP contribution in [0.2, 0.25) is 5.02 Å². The zero-order chi connectivity index (χ0) is 24.1. The van der Waals surface area contributed by atoms with Crippen LogP contribution in [0.5, 0.6) is 5.75 Å². The van der Waals surface area contributed by atoms with Gasteiger partial charge in [-0.15, -0.1) is 0 Å². The molecule has 1 N–H and O–H groups in total. The van der Waals surface area contributed by atoms with E-state index in [1.54, 1.807) is 0 Å². The number of Topliss-reactive ketones (excluding diaryl/α,β-unsaturated/α-hetero) is 1. The van der Waals surface area contributed by atoms with Gasteiger partial charge in [0, 0.05) is 24.8 Å². The molecule has 0 aliphatic carbocycles. The minimum atomic E-state index is -0.552. The molecule has 0 aromatic heterocycles. The Morgan fingerprint density at radius 3 is 2.52 bits per heavy atom. The van der Waals surface area contributed by atoms with Crippen LogP contribution in [0.15, 0.2) is 48.5 Å². The first-order chi connectivity index (χ1) is 15.9. The standard InChI is InChI=1S/C20H21ClN2O3.C6H14O/c1-14(24)19-12-23(17-7-2-3-8-18(17)26-19)13-20(25)22-10-9-15-5-4-6-16(21)11-15;1-3-5-7-6-4-2/h2-8,11,19H,9-10,12-13H2,1H3,(H,22,25);3-6H2,1-2H3. The quantitative estimate of drug-likeness (QED) is 0.506. The van der Waals surface area contributed by atoms with Crippen LogP contribution in [0.3, 0.4) is 0 Å². The average molecular weight is 475 g/mol. The number of anilines is 1. The Bertz CT molecular complexity index is 886. The fourth-order valence-corrected chi connectivity index (χ4v) is 3.54. The van der Waals surface area contributed by atoms with Crippen molar-refractivity contribution in [3.63, 3.8) is 0 Å². The van der Waals surface area contributed by atoms with Crippen molar-refractivity contribution in [2.24, 2.45) is 0 Å². The summed E-state index contributed by atoms with van der Waals surface area (Å²) in [5.41, 5.74) is 1.90. The van der Waals surface area contributed by atoms with E-state index in [4.69, 9.17) is 21.1 Å². The van der Waals surface area contributed by atoms with Gasteiger partial charge in [-0.1, -0.05) is 49.7 Å². The number of amides is 1. The zero-order valence-corrected chi connectivity index (χ0v) is 20.6. The molecule has 2 aromatic rings. The molecule has 1 aliphatic heterocycles. The van der Waals surface area contributed by atoms with E-state index in [1.807, 2.05) is 53.4 Å². The second-order valence-electron chi connectivity index (χ2n) is 7.91. The van der Waals surface area contributed by atoms with Gasteiger partial charge in [-0.2, -0.15) is 0 Å². The van der Waals surface area contributed by atoms with E-state index >= 15 is 0 Å². The summed E-state index contributed by atoms with van der Waals surface area (Å²) in [6.45, 7) is 8.67. The SMILES string of the molecule is CC(=O)C1CN(CC(=O)NCCc2cccc(Cl)c2)c2ccccc2O1.CCCOCCC. The Morgan fingerprint density at radius 2 is 1.85 bits per heavy atom. The summed E-state index contributed by atoms with van der Waals surface area (Å²) < 4.78 is 10.9. The van der Waals surface area contributed by atoms with Gasteiger partial charge >= 0.3 is 0 Å². The molecule has 6 nitrogen and oxygen atoms in total. The van der Waals surface area contributed by atoms with Gasteiger partial charge in [-0.3, -0.25) is 9.59 Å². The number of hydrogen-bond donors (Lipinski definition) is 1. The first kappa shape index (κ1) is 26.7. The number of para-hydroxylation sites is 2. The number of carbonyl (C=O) groups is 2. The third-order valence-electron chi connectivity index (χ3n) is 4.97. The summed E-state index contributed by atoms with van der Waals surface area (Å²) in [5.74, 6) is 0.488. The van der Waals surface area contributed by atoms with E-state index in [0.29, 0.717) is 30.3 Å². The molecular formula is C26H35ClN2O4. The number of nitrogens with one attached hydrogen (secondary N) is 1. The lowest BCUT2D eigenvalue weighted by Crippen LogP contribution is -2.47. The third kappa shape index (κ3) is 9.44. The average Bonchev–Trinajstić information content (AvgIpc) is 2.80. The number of benzene rings is 2. The lowest BCUT2D eigenvalue weighted by Gasteiger charge is -2.34. The summed E-state index contributed by atoms with van der Waals surface area (Å²) >= 11 is 5.97. The summed E-state index contributed by atoms with van der Waals surface area (Å²) in [5, 5.41) is 3.61. The number of nitrogens with zero attached hydrogens (tertiary/aromatic N) is 1. The van der Waals surface area contributed by atoms with E-state index in [9.17, 15) is 9.59 Å². The van der Waals surface area contributed by atoms with Gasteiger partial charge < -0.3 is 19.7 Å². The van der Waals surface area contributed by atoms with Gasteiger partial charge in [-0.25, -0.2) is 0 Å². The number of carbonyl (C=O) groups excluding carboxylic acids is 2.